The Morgan fingerprint density at radius 1 is 1.44 bits per heavy atom. The fourth-order valence-corrected chi connectivity index (χ4v) is 2.06. The third-order valence-corrected chi connectivity index (χ3v) is 3.11. The first kappa shape index (κ1) is 12.8. The van der Waals surface area contributed by atoms with E-state index >= 15 is 0 Å². The molecule has 18 heavy (non-hydrogen) atoms. The van der Waals surface area contributed by atoms with Crippen LogP contribution in [0.15, 0.2) is 12.4 Å². The molecule has 2 rings (SSSR count). The zero-order valence-electron chi connectivity index (χ0n) is 10.4. The normalized spacial score (nSPS) is 17.4. The average Bonchev–Trinajstić information content (AvgIpc) is 2.83. The van der Waals surface area contributed by atoms with Crippen molar-refractivity contribution in [1.29, 1.82) is 0 Å². The molecule has 1 fully saturated rings. The number of hydrogen-bond donors (Lipinski definition) is 1. The van der Waals surface area contributed by atoms with E-state index < -0.39 is 5.97 Å². The summed E-state index contributed by atoms with van der Waals surface area (Å²) in [5.41, 5.74) is 6.02. The van der Waals surface area contributed by atoms with Crippen LogP contribution in [0.3, 0.4) is 0 Å². The van der Waals surface area contributed by atoms with Crippen molar-refractivity contribution >= 4 is 5.97 Å². The summed E-state index contributed by atoms with van der Waals surface area (Å²) >= 11 is 0. The number of carbonyl (C=O) groups excluding carboxylic acids is 1. The average molecular weight is 251 g/mol. The highest BCUT2D eigenvalue weighted by Crippen LogP contribution is 2.27. The van der Waals surface area contributed by atoms with Crippen LogP contribution >= 0.6 is 0 Å². The van der Waals surface area contributed by atoms with Crippen molar-refractivity contribution in [3.63, 3.8) is 0 Å². The summed E-state index contributed by atoms with van der Waals surface area (Å²) < 4.78 is 10.1. The quantitative estimate of drug-likeness (QED) is 0.800. The van der Waals surface area contributed by atoms with Crippen molar-refractivity contribution in [2.24, 2.45) is 5.73 Å². The van der Waals surface area contributed by atoms with Crippen molar-refractivity contribution < 1.29 is 14.3 Å². The van der Waals surface area contributed by atoms with Crippen LogP contribution in [0, 0.1) is 0 Å². The van der Waals surface area contributed by atoms with E-state index in [1.165, 1.54) is 19.5 Å². The van der Waals surface area contributed by atoms with Gasteiger partial charge in [0.1, 0.15) is 6.61 Å². The Labute approximate surface area is 106 Å². The molecule has 0 aliphatic heterocycles. The minimum Gasteiger partial charge on any atom is -0.475 e. The molecule has 1 aliphatic carbocycles. The monoisotopic (exact) mass is 251 g/mol. The van der Waals surface area contributed by atoms with Gasteiger partial charge in [0.25, 0.3) is 0 Å². The Kier molecular flexibility index (Phi) is 3.76. The number of hydrogen-bond acceptors (Lipinski definition) is 6. The van der Waals surface area contributed by atoms with Crippen molar-refractivity contribution in [2.75, 3.05) is 13.7 Å². The Hall–Kier alpha value is -1.69. The highest BCUT2D eigenvalue weighted by Gasteiger charge is 2.30. The second-order valence-electron chi connectivity index (χ2n) is 4.59. The van der Waals surface area contributed by atoms with Gasteiger partial charge in [-0.05, 0) is 12.8 Å². The maximum Gasteiger partial charge on any atom is 0.358 e. The van der Waals surface area contributed by atoms with E-state index in [4.69, 9.17) is 10.5 Å². The van der Waals surface area contributed by atoms with Crippen LogP contribution in [0.5, 0.6) is 5.88 Å². The summed E-state index contributed by atoms with van der Waals surface area (Å²) in [6.45, 7) is 0.395. The maximum atomic E-state index is 11.3. The summed E-state index contributed by atoms with van der Waals surface area (Å²) in [6.07, 6.45) is 6.98. The second-order valence-corrected chi connectivity index (χ2v) is 4.59. The summed E-state index contributed by atoms with van der Waals surface area (Å²) in [5, 5.41) is 0. The van der Waals surface area contributed by atoms with Crippen LogP contribution in [-0.2, 0) is 4.74 Å². The van der Waals surface area contributed by atoms with Crippen LogP contribution < -0.4 is 10.5 Å². The molecule has 0 spiro atoms. The van der Waals surface area contributed by atoms with Gasteiger partial charge in [0, 0.05) is 0 Å². The minimum absolute atomic E-state index is 0.132. The molecule has 2 N–H and O–H groups in total. The third kappa shape index (κ3) is 2.95. The van der Waals surface area contributed by atoms with Gasteiger partial charge in [-0.15, -0.1) is 0 Å². The summed E-state index contributed by atoms with van der Waals surface area (Å²) in [5.74, 6) is -0.231. The molecule has 1 heterocycles. The molecule has 98 valence electrons. The standard InChI is InChI=1S/C12H17N3O3/c1-17-11(16)9-6-14-7-10(15-9)18-8-12(13)4-2-3-5-12/h6-7H,2-5,8,13H2,1H3. The molecular weight excluding hydrogens is 234 g/mol. The molecule has 0 bridgehead atoms. The van der Waals surface area contributed by atoms with E-state index in [2.05, 4.69) is 14.7 Å². The second kappa shape index (κ2) is 5.30. The van der Waals surface area contributed by atoms with Gasteiger partial charge in [0.2, 0.25) is 5.88 Å². The van der Waals surface area contributed by atoms with E-state index in [1.807, 2.05) is 0 Å². The topological polar surface area (TPSA) is 87.3 Å². The Balaban J connectivity index is 1.99. The smallest absolute Gasteiger partial charge is 0.358 e. The molecule has 6 heteroatoms. The van der Waals surface area contributed by atoms with Crippen LogP contribution in [0.4, 0.5) is 0 Å². The zero-order valence-corrected chi connectivity index (χ0v) is 10.4. The van der Waals surface area contributed by atoms with E-state index in [-0.39, 0.29) is 11.2 Å². The first-order chi connectivity index (χ1) is 8.63. The van der Waals surface area contributed by atoms with Crippen molar-refractivity contribution in [1.82, 2.24) is 9.97 Å². The molecule has 0 aromatic carbocycles. The van der Waals surface area contributed by atoms with E-state index in [0.29, 0.717) is 12.5 Å². The number of esters is 1. The molecule has 0 atom stereocenters. The van der Waals surface area contributed by atoms with Crippen LogP contribution in [0.2, 0.25) is 0 Å². The number of rotatable bonds is 4. The van der Waals surface area contributed by atoms with Gasteiger partial charge in [0.05, 0.1) is 25.0 Å². The van der Waals surface area contributed by atoms with Crippen LogP contribution in [0.1, 0.15) is 36.2 Å². The largest absolute Gasteiger partial charge is 0.475 e. The lowest BCUT2D eigenvalue weighted by Gasteiger charge is -2.22. The van der Waals surface area contributed by atoms with Gasteiger partial charge >= 0.3 is 5.97 Å². The first-order valence-corrected chi connectivity index (χ1v) is 5.95. The lowest BCUT2D eigenvalue weighted by molar-refractivity contribution is 0.0592. The number of ether oxygens (including phenoxy) is 2. The number of nitrogens with zero attached hydrogens (tertiary/aromatic N) is 2. The molecule has 0 saturated heterocycles. The van der Waals surface area contributed by atoms with Gasteiger partial charge in [0.15, 0.2) is 5.69 Å². The summed E-state index contributed by atoms with van der Waals surface area (Å²) in [4.78, 5) is 19.2. The van der Waals surface area contributed by atoms with Gasteiger partial charge in [-0.25, -0.2) is 9.78 Å². The van der Waals surface area contributed by atoms with Crippen molar-refractivity contribution in [3.05, 3.63) is 18.1 Å². The lowest BCUT2D eigenvalue weighted by Crippen LogP contribution is -2.42. The number of methoxy groups -OCH3 is 1. The third-order valence-electron chi connectivity index (χ3n) is 3.11. The lowest BCUT2D eigenvalue weighted by atomic mass is 10.0. The van der Waals surface area contributed by atoms with Gasteiger partial charge in [-0.1, -0.05) is 12.8 Å². The van der Waals surface area contributed by atoms with Crippen LogP contribution in [-0.4, -0.2) is 35.2 Å². The molecule has 0 radical (unpaired) electrons. The number of nitrogens with two attached hydrogens (primary N) is 1. The summed E-state index contributed by atoms with van der Waals surface area (Å²) in [7, 11) is 1.30. The molecule has 1 aliphatic rings. The van der Waals surface area contributed by atoms with E-state index in [0.717, 1.165) is 25.7 Å². The van der Waals surface area contributed by atoms with E-state index in [9.17, 15) is 4.79 Å². The molecule has 1 aromatic heterocycles. The van der Waals surface area contributed by atoms with E-state index in [1.54, 1.807) is 0 Å². The summed E-state index contributed by atoms with van der Waals surface area (Å²) in [6, 6.07) is 0. The Morgan fingerprint density at radius 3 is 2.83 bits per heavy atom. The van der Waals surface area contributed by atoms with Gasteiger partial charge < -0.3 is 15.2 Å². The highest BCUT2D eigenvalue weighted by atomic mass is 16.5. The first-order valence-electron chi connectivity index (χ1n) is 5.95. The fraction of sp³-hybridized carbons (Fsp3) is 0.583. The SMILES string of the molecule is COC(=O)c1cncc(OCC2(N)CCCC2)n1. The van der Waals surface area contributed by atoms with Crippen LogP contribution in [0.25, 0.3) is 0 Å². The molecule has 0 unspecified atom stereocenters. The maximum absolute atomic E-state index is 11.3. The molecule has 0 amide bonds. The van der Waals surface area contributed by atoms with Gasteiger partial charge in [-0.2, -0.15) is 0 Å². The molecular formula is C12H17N3O3. The molecule has 1 aromatic rings. The minimum atomic E-state index is -0.531. The Morgan fingerprint density at radius 2 is 2.17 bits per heavy atom. The highest BCUT2D eigenvalue weighted by molar-refractivity contribution is 5.86. The predicted octanol–water partition coefficient (Wildman–Crippen LogP) is 0.913. The zero-order chi connectivity index (χ0) is 13.0. The number of carbonyl (C=O) groups is 1. The van der Waals surface area contributed by atoms with Crippen molar-refractivity contribution in [2.45, 2.75) is 31.2 Å². The number of aromatic nitrogens is 2. The predicted molar refractivity (Wildman–Crippen MR) is 64.3 cm³/mol. The molecule has 6 nitrogen and oxygen atoms in total. The Bertz CT molecular complexity index is 430. The fourth-order valence-electron chi connectivity index (χ4n) is 2.06. The van der Waals surface area contributed by atoms with Gasteiger partial charge in [-0.3, -0.25) is 4.98 Å². The molecule has 1 saturated carbocycles. The van der Waals surface area contributed by atoms with Crippen molar-refractivity contribution in [3.8, 4) is 5.88 Å².